The minimum absolute atomic E-state index is 0.120. The average molecular weight is 509 g/mol. The van der Waals surface area contributed by atoms with Gasteiger partial charge in [-0.1, -0.05) is 43.7 Å². The third kappa shape index (κ3) is 5.71. The van der Waals surface area contributed by atoms with E-state index in [0.29, 0.717) is 12.7 Å². The van der Waals surface area contributed by atoms with Gasteiger partial charge in [0.25, 0.3) is 5.91 Å². The first kappa shape index (κ1) is 26.1. The van der Waals surface area contributed by atoms with Crippen LogP contribution in [0.1, 0.15) is 38.0 Å². The molecule has 2 atom stereocenters. The van der Waals surface area contributed by atoms with Gasteiger partial charge in [0.15, 0.2) is 0 Å². The zero-order valence-corrected chi connectivity index (χ0v) is 21.4. The molecular weight excluding hydrogens is 478 g/mol. The molecule has 37 heavy (non-hydrogen) atoms. The maximum atomic E-state index is 13.8. The Balaban J connectivity index is 1.70. The first-order valence-corrected chi connectivity index (χ1v) is 12.0. The van der Waals surface area contributed by atoms with Gasteiger partial charge < -0.3 is 14.6 Å². The number of benzene rings is 2. The highest BCUT2D eigenvalue weighted by Crippen LogP contribution is 2.31. The number of hydrogen-bond donors (Lipinski definition) is 1. The third-order valence-electron chi connectivity index (χ3n) is 6.26. The first-order valence-electron chi connectivity index (χ1n) is 12.0. The molecule has 1 amide bonds. The number of alkyl halides is 2. The SMILES string of the molecule is Cc1ccc([C@@H](Oc2ccc3c(cnn3-c3ccc(=O)n(C)c3)c2)[C@@H](NC(=O)C(C)(F)F)C(C)C)cc1. The fourth-order valence-electron chi connectivity index (χ4n) is 4.12. The Morgan fingerprint density at radius 3 is 2.41 bits per heavy atom. The van der Waals surface area contributed by atoms with Crippen molar-refractivity contribution in [2.75, 3.05) is 0 Å². The molecule has 0 spiro atoms. The van der Waals surface area contributed by atoms with Crippen molar-refractivity contribution in [3.63, 3.8) is 0 Å². The fraction of sp³-hybridized carbons (Fsp3) is 0.321. The standard InChI is InChI=1S/C28H30F2N4O3/c1-17(2)25(32-27(36)28(4,29)30)26(19-8-6-18(3)7-9-19)37-22-11-12-23-20(14-22)15-31-34(23)21-10-13-24(35)33(5)16-21/h6-17,25-26H,1-5H3,(H,32,36)/t25-,26+/m0/s1. The van der Waals surface area contributed by atoms with E-state index < -0.39 is 24.0 Å². The summed E-state index contributed by atoms with van der Waals surface area (Å²) >= 11 is 0. The lowest BCUT2D eigenvalue weighted by molar-refractivity contribution is -0.145. The number of aromatic nitrogens is 3. The van der Waals surface area contributed by atoms with Crippen LogP contribution in [0.3, 0.4) is 0 Å². The van der Waals surface area contributed by atoms with E-state index in [2.05, 4.69) is 10.4 Å². The number of ether oxygens (including phenoxy) is 1. The van der Waals surface area contributed by atoms with Crippen LogP contribution in [0.2, 0.25) is 0 Å². The summed E-state index contributed by atoms with van der Waals surface area (Å²) in [7, 11) is 1.67. The van der Waals surface area contributed by atoms with Crippen molar-refractivity contribution in [3.8, 4) is 11.4 Å². The summed E-state index contributed by atoms with van der Waals surface area (Å²) in [6, 6.07) is 15.5. The van der Waals surface area contributed by atoms with E-state index >= 15 is 0 Å². The summed E-state index contributed by atoms with van der Waals surface area (Å²) in [5, 5.41) is 7.75. The van der Waals surface area contributed by atoms with Crippen LogP contribution in [-0.4, -0.2) is 32.2 Å². The van der Waals surface area contributed by atoms with Gasteiger partial charge in [0, 0.05) is 31.6 Å². The number of nitrogens with one attached hydrogen (secondary N) is 1. The average Bonchev–Trinajstić information content (AvgIpc) is 3.26. The van der Waals surface area contributed by atoms with Gasteiger partial charge in [0.05, 0.1) is 23.4 Å². The van der Waals surface area contributed by atoms with Crippen LogP contribution in [-0.2, 0) is 11.8 Å². The quantitative estimate of drug-likeness (QED) is 0.365. The van der Waals surface area contributed by atoms with E-state index in [-0.39, 0.29) is 11.5 Å². The summed E-state index contributed by atoms with van der Waals surface area (Å²) < 4.78 is 37.1. The molecular formula is C28H30F2N4O3. The minimum atomic E-state index is -3.51. The highest BCUT2D eigenvalue weighted by atomic mass is 19.3. The normalized spacial score (nSPS) is 13.5. The molecule has 4 aromatic rings. The van der Waals surface area contributed by atoms with Gasteiger partial charge in [-0.3, -0.25) is 9.59 Å². The van der Waals surface area contributed by atoms with Crippen LogP contribution in [0.25, 0.3) is 16.6 Å². The predicted molar refractivity (Wildman–Crippen MR) is 138 cm³/mol. The molecule has 0 fully saturated rings. The van der Waals surface area contributed by atoms with Crippen molar-refractivity contribution < 1.29 is 18.3 Å². The summed E-state index contributed by atoms with van der Waals surface area (Å²) in [6.45, 7) is 6.24. The van der Waals surface area contributed by atoms with Crippen molar-refractivity contribution in [2.24, 2.45) is 13.0 Å². The summed E-state index contributed by atoms with van der Waals surface area (Å²) in [5.41, 5.74) is 3.21. The van der Waals surface area contributed by atoms with Crippen LogP contribution in [0.15, 0.2) is 71.8 Å². The Kier molecular flexibility index (Phi) is 7.16. The molecule has 0 saturated carbocycles. The van der Waals surface area contributed by atoms with E-state index in [4.69, 9.17) is 4.74 Å². The number of carbonyl (C=O) groups excluding carboxylic acids is 1. The molecule has 2 aromatic heterocycles. The summed E-state index contributed by atoms with van der Waals surface area (Å²) in [5.74, 6) is -4.56. The highest BCUT2D eigenvalue weighted by Gasteiger charge is 2.37. The molecule has 0 radical (unpaired) electrons. The largest absolute Gasteiger partial charge is 0.484 e. The van der Waals surface area contributed by atoms with Crippen molar-refractivity contribution >= 4 is 16.8 Å². The molecule has 2 heterocycles. The molecule has 0 saturated heterocycles. The predicted octanol–water partition coefficient (Wildman–Crippen LogP) is 4.95. The Morgan fingerprint density at radius 1 is 1.08 bits per heavy atom. The minimum Gasteiger partial charge on any atom is -0.484 e. The van der Waals surface area contributed by atoms with Gasteiger partial charge in [-0.2, -0.15) is 13.9 Å². The number of amides is 1. The van der Waals surface area contributed by atoms with Gasteiger partial charge >= 0.3 is 5.92 Å². The molecule has 9 heteroatoms. The Morgan fingerprint density at radius 2 is 1.78 bits per heavy atom. The van der Waals surface area contributed by atoms with E-state index in [0.717, 1.165) is 27.7 Å². The van der Waals surface area contributed by atoms with Crippen molar-refractivity contribution in [1.29, 1.82) is 0 Å². The van der Waals surface area contributed by atoms with Crippen molar-refractivity contribution in [3.05, 3.63) is 88.5 Å². The summed E-state index contributed by atoms with van der Waals surface area (Å²) in [4.78, 5) is 24.0. The van der Waals surface area contributed by atoms with Gasteiger partial charge in [0.2, 0.25) is 5.56 Å². The molecule has 1 N–H and O–H groups in total. The fourth-order valence-corrected chi connectivity index (χ4v) is 4.12. The maximum Gasteiger partial charge on any atom is 0.321 e. The lowest BCUT2D eigenvalue weighted by Crippen LogP contribution is -2.49. The molecule has 0 bridgehead atoms. The number of carbonyl (C=O) groups is 1. The lowest BCUT2D eigenvalue weighted by atomic mass is 9.92. The molecule has 2 aromatic carbocycles. The number of nitrogens with zero attached hydrogens (tertiary/aromatic N) is 3. The van der Waals surface area contributed by atoms with Crippen LogP contribution < -0.4 is 15.6 Å². The number of pyridine rings is 1. The molecule has 7 nitrogen and oxygen atoms in total. The molecule has 0 aliphatic rings. The Hall–Kier alpha value is -4.01. The lowest BCUT2D eigenvalue weighted by Gasteiger charge is -2.32. The van der Waals surface area contributed by atoms with Gasteiger partial charge in [-0.15, -0.1) is 0 Å². The summed E-state index contributed by atoms with van der Waals surface area (Å²) in [6.07, 6.45) is 2.67. The second-order valence-electron chi connectivity index (χ2n) is 9.69. The molecule has 0 aliphatic carbocycles. The van der Waals surface area contributed by atoms with Crippen molar-refractivity contribution in [1.82, 2.24) is 19.7 Å². The molecule has 0 unspecified atom stereocenters. The van der Waals surface area contributed by atoms with Crippen LogP contribution in [0, 0.1) is 12.8 Å². The van der Waals surface area contributed by atoms with E-state index in [1.165, 1.54) is 10.6 Å². The molecule has 194 valence electrons. The highest BCUT2D eigenvalue weighted by molar-refractivity contribution is 5.83. The number of halogens is 2. The van der Waals surface area contributed by atoms with Gasteiger partial charge in [-0.25, -0.2) is 4.68 Å². The second kappa shape index (κ2) is 10.2. The van der Waals surface area contributed by atoms with Crippen LogP contribution in [0.5, 0.6) is 5.75 Å². The van der Waals surface area contributed by atoms with Gasteiger partial charge in [0.1, 0.15) is 11.9 Å². The van der Waals surface area contributed by atoms with Crippen LogP contribution >= 0.6 is 0 Å². The topological polar surface area (TPSA) is 78.2 Å². The van der Waals surface area contributed by atoms with Crippen LogP contribution in [0.4, 0.5) is 8.78 Å². The smallest absolute Gasteiger partial charge is 0.321 e. The zero-order chi connectivity index (χ0) is 26.9. The maximum absolute atomic E-state index is 13.8. The number of fused-ring (bicyclic) bond motifs is 1. The number of rotatable bonds is 8. The van der Waals surface area contributed by atoms with E-state index in [9.17, 15) is 18.4 Å². The first-order chi connectivity index (χ1) is 17.4. The monoisotopic (exact) mass is 508 g/mol. The Bertz CT molecular complexity index is 1470. The Labute approximate surface area is 213 Å². The van der Waals surface area contributed by atoms with E-state index in [1.54, 1.807) is 36.3 Å². The zero-order valence-electron chi connectivity index (χ0n) is 21.4. The van der Waals surface area contributed by atoms with E-state index in [1.807, 2.05) is 57.2 Å². The molecule has 4 rings (SSSR count). The molecule has 0 aliphatic heterocycles. The van der Waals surface area contributed by atoms with Crippen molar-refractivity contribution in [2.45, 2.75) is 45.8 Å². The number of hydrogen-bond acceptors (Lipinski definition) is 4. The third-order valence-corrected chi connectivity index (χ3v) is 6.26. The number of aryl methyl sites for hydroxylation is 2. The second-order valence-corrected chi connectivity index (χ2v) is 9.69. The van der Waals surface area contributed by atoms with Gasteiger partial charge in [-0.05, 0) is 42.7 Å².